The van der Waals surface area contributed by atoms with Crippen LogP contribution in [0.3, 0.4) is 0 Å². The first-order chi connectivity index (χ1) is 4.88. The Labute approximate surface area is 67.9 Å². The van der Waals surface area contributed by atoms with Gasteiger partial charge in [0.05, 0.1) is 6.61 Å². The summed E-state index contributed by atoms with van der Waals surface area (Å²) in [6, 6.07) is 0. The molecule has 1 fully saturated rings. The summed E-state index contributed by atoms with van der Waals surface area (Å²) in [6.07, 6.45) is 0. The van der Waals surface area contributed by atoms with E-state index in [4.69, 9.17) is 4.74 Å². The molecule has 0 radical (unpaired) electrons. The van der Waals surface area contributed by atoms with Crippen molar-refractivity contribution in [1.29, 1.82) is 0 Å². The van der Waals surface area contributed by atoms with Crippen LogP contribution in [0.1, 0.15) is 27.7 Å². The Bertz CT molecular complexity index is 180. The lowest BCUT2D eigenvalue weighted by Crippen LogP contribution is -2.48. The van der Waals surface area contributed by atoms with E-state index < -0.39 is 0 Å². The zero-order chi connectivity index (χ0) is 8.70. The van der Waals surface area contributed by atoms with Crippen LogP contribution in [0.15, 0.2) is 0 Å². The Balaban J connectivity index is 2.91. The van der Waals surface area contributed by atoms with Crippen molar-refractivity contribution in [2.75, 3.05) is 13.2 Å². The number of ketones is 1. The molecule has 0 bridgehead atoms. The molecule has 2 nitrogen and oxygen atoms in total. The minimum Gasteiger partial charge on any atom is -0.373 e. The van der Waals surface area contributed by atoms with E-state index in [1.165, 1.54) is 0 Å². The zero-order valence-corrected chi connectivity index (χ0v) is 7.73. The van der Waals surface area contributed by atoms with Gasteiger partial charge in [-0.1, -0.05) is 27.7 Å². The molecule has 1 aliphatic rings. The molecule has 0 spiro atoms. The SMILES string of the molecule is CC1(C)COCC(=O)C1(C)C. The number of rotatable bonds is 0. The Morgan fingerprint density at radius 3 is 2.18 bits per heavy atom. The Kier molecular flexibility index (Phi) is 1.83. The average molecular weight is 156 g/mol. The third-order valence-corrected chi connectivity index (χ3v) is 3.09. The monoisotopic (exact) mass is 156 g/mol. The van der Waals surface area contributed by atoms with Crippen molar-refractivity contribution in [3.8, 4) is 0 Å². The largest absolute Gasteiger partial charge is 0.373 e. The molecular weight excluding hydrogens is 140 g/mol. The molecule has 1 saturated heterocycles. The first-order valence-corrected chi connectivity index (χ1v) is 3.99. The number of Topliss-reactive ketones (excluding diaryl/α,β-unsaturated/α-hetero) is 1. The number of carbonyl (C=O) groups is 1. The maximum absolute atomic E-state index is 11.4. The van der Waals surface area contributed by atoms with Gasteiger partial charge in [0, 0.05) is 10.8 Å². The fourth-order valence-corrected chi connectivity index (χ4v) is 1.14. The van der Waals surface area contributed by atoms with Crippen molar-refractivity contribution >= 4 is 5.78 Å². The molecule has 1 rings (SSSR count). The van der Waals surface area contributed by atoms with Gasteiger partial charge in [0.1, 0.15) is 6.61 Å². The van der Waals surface area contributed by atoms with E-state index in [1.807, 2.05) is 13.8 Å². The van der Waals surface area contributed by atoms with E-state index in [2.05, 4.69) is 13.8 Å². The predicted molar refractivity (Wildman–Crippen MR) is 43.4 cm³/mol. The van der Waals surface area contributed by atoms with Crippen LogP contribution in [-0.4, -0.2) is 19.0 Å². The summed E-state index contributed by atoms with van der Waals surface area (Å²) in [7, 11) is 0. The lowest BCUT2D eigenvalue weighted by molar-refractivity contribution is -0.153. The summed E-state index contributed by atoms with van der Waals surface area (Å²) < 4.78 is 5.18. The topological polar surface area (TPSA) is 26.3 Å². The highest BCUT2D eigenvalue weighted by Gasteiger charge is 2.45. The number of ether oxygens (including phenoxy) is 1. The summed E-state index contributed by atoms with van der Waals surface area (Å²) in [5.74, 6) is 0.216. The zero-order valence-electron chi connectivity index (χ0n) is 7.73. The number of hydrogen-bond donors (Lipinski definition) is 0. The summed E-state index contributed by atoms with van der Waals surface area (Å²) in [5.41, 5.74) is -0.256. The quantitative estimate of drug-likeness (QED) is 0.533. The van der Waals surface area contributed by atoms with Crippen LogP contribution < -0.4 is 0 Å². The fraction of sp³-hybridized carbons (Fsp3) is 0.889. The molecule has 0 aliphatic carbocycles. The number of hydrogen-bond acceptors (Lipinski definition) is 2. The first-order valence-electron chi connectivity index (χ1n) is 3.99. The highest BCUT2D eigenvalue weighted by atomic mass is 16.5. The third kappa shape index (κ3) is 1.20. The van der Waals surface area contributed by atoms with Gasteiger partial charge < -0.3 is 4.74 Å². The molecule has 0 N–H and O–H groups in total. The van der Waals surface area contributed by atoms with Gasteiger partial charge >= 0.3 is 0 Å². The summed E-state index contributed by atoms with van der Waals surface area (Å²) in [4.78, 5) is 11.4. The number of carbonyl (C=O) groups excluding carboxylic acids is 1. The summed E-state index contributed by atoms with van der Waals surface area (Å²) in [5, 5.41) is 0. The average Bonchev–Trinajstić information content (AvgIpc) is 1.84. The molecule has 0 aromatic rings. The Morgan fingerprint density at radius 2 is 1.82 bits per heavy atom. The van der Waals surface area contributed by atoms with Gasteiger partial charge in [-0.05, 0) is 0 Å². The molecule has 2 heteroatoms. The molecule has 11 heavy (non-hydrogen) atoms. The van der Waals surface area contributed by atoms with Gasteiger partial charge in [-0.2, -0.15) is 0 Å². The van der Waals surface area contributed by atoms with Crippen molar-refractivity contribution in [3.05, 3.63) is 0 Å². The smallest absolute Gasteiger partial charge is 0.164 e. The van der Waals surface area contributed by atoms with Crippen molar-refractivity contribution < 1.29 is 9.53 Å². The molecular formula is C9H16O2. The molecule has 1 aliphatic heterocycles. The minimum absolute atomic E-state index is 0.0255. The van der Waals surface area contributed by atoms with Gasteiger partial charge in [-0.3, -0.25) is 4.79 Å². The van der Waals surface area contributed by atoms with Gasteiger partial charge in [-0.15, -0.1) is 0 Å². The van der Waals surface area contributed by atoms with Crippen LogP contribution in [0.5, 0.6) is 0 Å². The second-order valence-electron chi connectivity index (χ2n) is 4.42. The first kappa shape index (κ1) is 8.72. The van der Waals surface area contributed by atoms with Crippen LogP contribution >= 0.6 is 0 Å². The molecule has 0 aromatic carbocycles. The second-order valence-corrected chi connectivity index (χ2v) is 4.42. The fourth-order valence-electron chi connectivity index (χ4n) is 1.14. The van der Waals surface area contributed by atoms with Crippen LogP contribution in [0.4, 0.5) is 0 Å². The van der Waals surface area contributed by atoms with E-state index in [0.29, 0.717) is 6.61 Å². The predicted octanol–water partition coefficient (Wildman–Crippen LogP) is 1.64. The van der Waals surface area contributed by atoms with Gasteiger partial charge in [-0.25, -0.2) is 0 Å². The van der Waals surface area contributed by atoms with Gasteiger partial charge in [0.25, 0.3) is 0 Å². The highest BCUT2D eigenvalue weighted by Crippen LogP contribution is 2.41. The van der Waals surface area contributed by atoms with E-state index >= 15 is 0 Å². The van der Waals surface area contributed by atoms with Crippen molar-refractivity contribution in [3.63, 3.8) is 0 Å². The molecule has 0 atom stereocenters. The highest BCUT2D eigenvalue weighted by molar-refractivity contribution is 5.86. The van der Waals surface area contributed by atoms with Crippen LogP contribution in [0, 0.1) is 10.8 Å². The van der Waals surface area contributed by atoms with Crippen molar-refractivity contribution in [1.82, 2.24) is 0 Å². The van der Waals surface area contributed by atoms with Crippen molar-refractivity contribution in [2.24, 2.45) is 10.8 Å². The van der Waals surface area contributed by atoms with E-state index in [1.54, 1.807) is 0 Å². The molecule has 0 aromatic heterocycles. The summed E-state index contributed by atoms with van der Waals surface area (Å²) in [6.45, 7) is 9.12. The normalized spacial score (nSPS) is 28.5. The van der Waals surface area contributed by atoms with E-state index in [-0.39, 0.29) is 23.2 Å². The van der Waals surface area contributed by atoms with Gasteiger partial charge in [0.15, 0.2) is 5.78 Å². The van der Waals surface area contributed by atoms with Crippen molar-refractivity contribution in [2.45, 2.75) is 27.7 Å². The Hall–Kier alpha value is -0.370. The van der Waals surface area contributed by atoms with E-state index in [0.717, 1.165) is 0 Å². The molecule has 64 valence electrons. The second kappa shape index (κ2) is 2.31. The van der Waals surface area contributed by atoms with Gasteiger partial charge in [0.2, 0.25) is 0 Å². The molecule has 1 heterocycles. The minimum atomic E-state index is -0.231. The third-order valence-electron chi connectivity index (χ3n) is 3.09. The van der Waals surface area contributed by atoms with E-state index in [9.17, 15) is 4.79 Å². The molecule has 0 unspecified atom stereocenters. The maximum atomic E-state index is 11.4. The lowest BCUT2D eigenvalue weighted by Gasteiger charge is -2.43. The molecule has 0 saturated carbocycles. The summed E-state index contributed by atoms with van der Waals surface area (Å²) >= 11 is 0. The van der Waals surface area contributed by atoms with Crippen LogP contribution in [0.2, 0.25) is 0 Å². The van der Waals surface area contributed by atoms with Crippen LogP contribution in [0.25, 0.3) is 0 Å². The maximum Gasteiger partial charge on any atom is 0.164 e. The van der Waals surface area contributed by atoms with Crippen LogP contribution in [-0.2, 0) is 9.53 Å². The Morgan fingerprint density at radius 1 is 1.27 bits per heavy atom. The standard InChI is InChI=1S/C9H16O2/c1-8(2)6-11-5-7(10)9(8,3)4/h5-6H2,1-4H3. The molecule has 0 amide bonds. The lowest BCUT2D eigenvalue weighted by atomic mass is 9.65.